The first-order valence-corrected chi connectivity index (χ1v) is 10.5. The highest BCUT2D eigenvalue weighted by Gasteiger charge is 2.23. The molecular formula is C22H28N2O2S. The van der Waals surface area contributed by atoms with Crippen molar-refractivity contribution < 1.29 is 9.53 Å². The van der Waals surface area contributed by atoms with Crippen LogP contribution in [0.1, 0.15) is 18.1 Å². The van der Waals surface area contributed by atoms with E-state index >= 15 is 0 Å². The molecule has 27 heavy (non-hydrogen) atoms. The Balaban J connectivity index is 1.54. The van der Waals surface area contributed by atoms with Crippen molar-refractivity contribution >= 4 is 23.4 Å². The zero-order chi connectivity index (χ0) is 19.2. The van der Waals surface area contributed by atoms with Crippen LogP contribution < -0.4 is 9.64 Å². The van der Waals surface area contributed by atoms with E-state index in [1.165, 1.54) is 16.0 Å². The molecular weight excluding hydrogens is 356 g/mol. The average molecular weight is 385 g/mol. The van der Waals surface area contributed by atoms with Crippen LogP contribution in [0.25, 0.3) is 0 Å². The normalized spacial score (nSPS) is 14.3. The van der Waals surface area contributed by atoms with Crippen LogP contribution in [0.5, 0.6) is 5.75 Å². The standard InChI is InChI=1S/C22H28N2O2S/c1-4-26-20-8-6-5-7-19(20)23-11-13-24(14-12-23)22(25)16-27-21-15-17(2)9-10-18(21)3/h5-10,15H,4,11-14,16H2,1-3H3. The summed E-state index contributed by atoms with van der Waals surface area (Å²) in [4.78, 5) is 18.1. The summed E-state index contributed by atoms with van der Waals surface area (Å²) in [5.41, 5.74) is 3.59. The predicted molar refractivity (Wildman–Crippen MR) is 113 cm³/mol. The van der Waals surface area contributed by atoms with Gasteiger partial charge in [-0.25, -0.2) is 0 Å². The van der Waals surface area contributed by atoms with Gasteiger partial charge in [-0.3, -0.25) is 4.79 Å². The fraction of sp³-hybridized carbons (Fsp3) is 0.409. The summed E-state index contributed by atoms with van der Waals surface area (Å²) >= 11 is 1.64. The molecule has 144 valence electrons. The van der Waals surface area contributed by atoms with Crippen molar-refractivity contribution in [2.45, 2.75) is 25.7 Å². The summed E-state index contributed by atoms with van der Waals surface area (Å²) < 4.78 is 5.75. The maximum Gasteiger partial charge on any atom is 0.233 e. The van der Waals surface area contributed by atoms with Gasteiger partial charge in [0.05, 0.1) is 18.0 Å². The van der Waals surface area contributed by atoms with Crippen molar-refractivity contribution in [1.29, 1.82) is 0 Å². The highest BCUT2D eigenvalue weighted by molar-refractivity contribution is 8.00. The third-order valence-corrected chi connectivity index (χ3v) is 5.98. The van der Waals surface area contributed by atoms with Crippen LogP contribution in [-0.2, 0) is 4.79 Å². The highest BCUT2D eigenvalue weighted by atomic mass is 32.2. The van der Waals surface area contributed by atoms with Crippen molar-refractivity contribution in [3.8, 4) is 5.75 Å². The van der Waals surface area contributed by atoms with Crippen LogP contribution in [0, 0.1) is 13.8 Å². The summed E-state index contributed by atoms with van der Waals surface area (Å²) in [6, 6.07) is 14.5. The summed E-state index contributed by atoms with van der Waals surface area (Å²) in [5.74, 6) is 1.64. The molecule has 0 atom stereocenters. The van der Waals surface area contributed by atoms with Gasteiger partial charge < -0.3 is 14.5 Å². The Morgan fingerprint density at radius 1 is 1.07 bits per heavy atom. The van der Waals surface area contributed by atoms with Crippen LogP contribution in [0.3, 0.4) is 0 Å². The number of carbonyl (C=O) groups is 1. The fourth-order valence-corrected chi connectivity index (χ4v) is 4.31. The lowest BCUT2D eigenvalue weighted by atomic mass is 10.2. The number of rotatable bonds is 6. The summed E-state index contributed by atoms with van der Waals surface area (Å²) in [6.07, 6.45) is 0. The molecule has 0 N–H and O–H groups in total. The molecule has 1 heterocycles. The molecule has 2 aromatic rings. The maximum absolute atomic E-state index is 12.6. The molecule has 0 spiro atoms. The molecule has 0 bridgehead atoms. The lowest BCUT2D eigenvalue weighted by Crippen LogP contribution is -2.49. The highest BCUT2D eigenvalue weighted by Crippen LogP contribution is 2.29. The monoisotopic (exact) mass is 384 g/mol. The number of aryl methyl sites for hydroxylation is 2. The Morgan fingerprint density at radius 3 is 2.56 bits per heavy atom. The summed E-state index contributed by atoms with van der Waals surface area (Å²) in [5, 5.41) is 0. The Kier molecular flexibility index (Phi) is 6.67. The summed E-state index contributed by atoms with van der Waals surface area (Å²) in [6.45, 7) is 10.0. The molecule has 0 saturated carbocycles. The molecule has 0 radical (unpaired) electrons. The van der Waals surface area contributed by atoms with Crippen molar-refractivity contribution in [3.05, 3.63) is 53.6 Å². The first-order chi connectivity index (χ1) is 13.1. The molecule has 3 rings (SSSR count). The molecule has 0 aliphatic carbocycles. The Labute approximate surface area is 166 Å². The number of thioether (sulfide) groups is 1. The van der Waals surface area contributed by atoms with Crippen molar-refractivity contribution in [2.24, 2.45) is 0 Å². The van der Waals surface area contributed by atoms with Crippen LogP contribution in [-0.4, -0.2) is 49.3 Å². The number of hydrogen-bond donors (Lipinski definition) is 0. The van der Waals surface area contributed by atoms with E-state index in [-0.39, 0.29) is 5.91 Å². The molecule has 1 aliphatic heterocycles. The third-order valence-electron chi connectivity index (χ3n) is 4.83. The topological polar surface area (TPSA) is 32.8 Å². The number of piperazine rings is 1. The van der Waals surface area contributed by atoms with E-state index in [4.69, 9.17) is 4.74 Å². The minimum atomic E-state index is 0.221. The number of carbonyl (C=O) groups excluding carboxylic acids is 1. The van der Waals surface area contributed by atoms with Gasteiger partial charge in [0.25, 0.3) is 0 Å². The van der Waals surface area contributed by atoms with Crippen LogP contribution >= 0.6 is 11.8 Å². The predicted octanol–water partition coefficient (Wildman–Crippen LogP) is 4.14. The fourth-order valence-electron chi connectivity index (χ4n) is 3.29. The lowest BCUT2D eigenvalue weighted by Gasteiger charge is -2.36. The molecule has 0 aromatic heterocycles. The van der Waals surface area contributed by atoms with E-state index in [0.29, 0.717) is 12.4 Å². The molecule has 1 saturated heterocycles. The van der Waals surface area contributed by atoms with Gasteiger partial charge in [0, 0.05) is 31.1 Å². The minimum Gasteiger partial charge on any atom is -0.492 e. The molecule has 1 amide bonds. The molecule has 5 heteroatoms. The quantitative estimate of drug-likeness (QED) is 0.701. The van der Waals surface area contributed by atoms with Gasteiger partial charge in [-0.2, -0.15) is 0 Å². The number of amides is 1. The van der Waals surface area contributed by atoms with Crippen LogP contribution in [0.2, 0.25) is 0 Å². The van der Waals surface area contributed by atoms with E-state index in [9.17, 15) is 4.79 Å². The number of hydrogen-bond acceptors (Lipinski definition) is 4. The van der Waals surface area contributed by atoms with E-state index in [1.807, 2.05) is 30.0 Å². The van der Waals surface area contributed by atoms with Gasteiger partial charge in [-0.1, -0.05) is 29.8 Å². The van der Waals surface area contributed by atoms with Crippen LogP contribution in [0.15, 0.2) is 47.4 Å². The van der Waals surface area contributed by atoms with Crippen molar-refractivity contribution in [3.63, 3.8) is 0 Å². The SMILES string of the molecule is CCOc1ccccc1N1CCN(C(=O)CSc2cc(C)ccc2C)CC1. The second-order valence-corrected chi connectivity index (χ2v) is 7.84. The third kappa shape index (κ3) is 4.98. The van der Waals surface area contributed by atoms with Gasteiger partial charge in [-0.15, -0.1) is 11.8 Å². The first kappa shape index (κ1) is 19.6. The number of ether oxygens (including phenoxy) is 1. The van der Waals surface area contributed by atoms with Gasteiger partial charge in [0.1, 0.15) is 5.75 Å². The molecule has 2 aromatic carbocycles. The lowest BCUT2D eigenvalue weighted by molar-refractivity contribution is -0.128. The second-order valence-electron chi connectivity index (χ2n) is 6.83. The van der Waals surface area contributed by atoms with E-state index in [2.05, 4.69) is 43.0 Å². The maximum atomic E-state index is 12.6. The number of anilines is 1. The minimum absolute atomic E-state index is 0.221. The van der Waals surface area contributed by atoms with Gasteiger partial charge in [0.15, 0.2) is 0 Å². The van der Waals surface area contributed by atoms with E-state index in [1.54, 1.807) is 11.8 Å². The van der Waals surface area contributed by atoms with Gasteiger partial charge in [0.2, 0.25) is 5.91 Å². The van der Waals surface area contributed by atoms with Crippen molar-refractivity contribution in [2.75, 3.05) is 43.4 Å². The number of para-hydroxylation sites is 2. The Bertz CT molecular complexity index is 786. The largest absolute Gasteiger partial charge is 0.492 e. The smallest absolute Gasteiger partial charge is 0.233 e. The molecule has 4 nitrogen and oxygen atoms in total. The van der Waals surface area contributed by atoms with Crippen molar-refractivity contribution in [1.82, 2.24) is 4.90 Å². The second kappa shape index (κ2) is 9.18. The molecule has 1 fully saturated rings. The Hall–Kier alpha value is -2.14. The van der Waals surface area contributed by atoms with Crippen LogP contribution in [0.4, 0.5) is 5.69 Å². The van der Waals surface area contributed by atoms with Gasteiger partial charge >= 0.3 is 0 Å². The number of benzene rings is 2. The number of nitrogens with zero attached hydrogens (tertiary/aromatic N) is 2. The zero-order valence-electron chi connectivity index (χ0n) is 16.4. The first-order valence-electron chi connectivity index (χ1n) is 9.53. The summed E-state index contributed by atoms with van der Waals surface area (Å²) in [7, 11) is 0. The van der Waals surface area contributed by atoms with Gasteiger partial charge in [-0.05, 0) is 44.5 Å². The molecule has 0 unspecified atom stereocenters. The Morgan fingerprint density at radius 2 is 1.81 bits per heavy atom. The average Bonchev–Trinajstić information content (AvgIpc) is 2.69. The van der Waals surface area contributed by atoms with E-state index < -0.39 is 0 Å². The molecule has 1 aliphatic rings. The zero-order valence-corrected chi connectivity index (χ0v) is 17.2. The van der Waals surface area contributed by atoms with E-state index in [0.717, 1.165) is 37.6 Å².